The Labute approximate surface area is 156 Å². The third-order valence-electron chi connectivity index (χ3n) is 3.94. The molecule has 0 N–H and O–H groups in total. The number of carbonyl (C=O) groups is 1. The lowest BCUT2D eigenvalue weighted by molar-refractivity contribution is -0.132. The lowest BCUT2D eigenvalue weighted by atomic mass is 9.95. The van der Waals surface area contributed by atoms with Gasteiger partial charge < -0.3 is 9.47 Å². The van der Waals surface area contributed by atoms with Crippen LogP contribution in [0.2, 0.25) is 0 Å². The van der Waals surface area contributed by atoms with Crippen LogP contribution in [-0.2, 0) is 24.1 Å². The van der Waals surface area contributed by atoms with Crippen LogP contribution in [0.15, 0.2) is 18.3 Å². The summed E-state index contributed by atoms with van der Waals surface area (Å²) in [6.07, 6.45) is 6.19. The van der Waals surface area contributed by atoms with Gasteiger partial charge in [-0.3, -0.25) is 9.48 Å². The molecule has 0 aliphatic heterocycles. The van der Waals surface area contributed by atoms with E-state index in [0.717, 1.165) is 49.0 Å². The minimum atomic E-state index is -0.373. The minimum Gasteiger partial charge on any atom is -0.490 e. The molecule has 1 heterocycles. The van der Waals surface area contributed by atoms with Gasteiger partial charge in [-0.15, -0.1) is 5.10 Å². The average molecular weight is 355 g/mol. The van der Waals surface area contributed by atoms with E-state index >= 15 is 0 Å². The fourth-order valence-corrected chi connectivity index (χ4v) is 2.63. The largest absolute Gasteiger partial charge is 0.490 e. The highest BCUT2D eigenvalue weighted by Gasteiger charge is 2.13. The van der Waals surface area contributed by atoms with Gasteiger partial charge in [0.15, 0.2) is 11.5 Å². The summed E-state index contributed by atoms with van der Waals surface area (Å²) in [7, 11) is 5.73. The van der Waals surface area contributed by atoms with Gasteiger partial charge in [0.2, 0.25) is 0 Å². The number of ether oxygens (including phenoxy) is 2. The van der Waals surface area contributed by atoms with E-state index in [1.54, 1.807) is 0 Å². The normalized spacial score (nSPS) is 10.7. The summed E-state index contributed by atoms with van der Waals surface area (Å²) >= 11 is 0. The topological polar surface area (TPSA) is 66.2 Å². The second-order valence-electron chi connectivity index (χ2n) is 6.32. The fraction of sp³-hybridized carbons (Fsp3) is 0.526. The van der Waals surface area contributed by atoms with E-state index in [0.29, 0.717) is 24.4 Å². The standard InChI is InChI=1S/C19H26BN3O3/c1-4-5-8-23-13-17(21-22-23)7-6-9-25-18-11-16(12-20)10-14(2)19(18)26-15(3)24/h10-11,13H,4-9,12H2,1-3H3. The zero-order chi connectivity index (χ0) is 18.9. The quantitative estimate of drug-likeness (QED) is 0.284. The predicted molar refractivity (Wildman–Crippen MR) is 101 cm³/mol. The Morgan fingerprint density at radius 1 is 1.31 bits per heavy atom. The van der Waals surface area contributed by atoms with E-state index in [1.165, 1.54) is 6.92 Å². The number of nitrogens with zero attached hydrogens (tertiary/aromatic N) is 3. The first-order valence-corrected chi connectivity index (χ1v) is 9.07. The van der Waals surface area contributed by atoms with E-state index < -0.39 is 0 Å². The maximum absolute atomic E-state index is 11.3. The SMILES string of the molecule is [B]Cc1cc(C)c(OC(C)=O)c(OCCCc2cn(CCCC)nn2)c1. The summed E-state index contributed by atoms with van der Waals surface area (Å²) in [5.74, 6) is 0.634. The van der Waals surface area contributed by atoms with Crippen LogP contribution < -0.4 is 9.47 Å². The van der Waals surface area contributed by atoms with Gasteiger partial charge in [0.05, 0.1) is 20.1 Å². The summed E-state index contributed by atoms with van der Waals surface area (Å²) in [4.78, 5) is 11.3. The molecular weight excluding hydrogens is 329 g/mol. The first-order valence-electron chi connectivity index (χ1n) is 9.07. The lowest BCUT2D eigenvalue weighted by Gasteiger charge is -2.15. The molecular formula is C19H26BN3O3. The Morgan fingerprint density at radius 3 is 2.81 bits per heavy atom. The molecule has 0 aliphatic carbocycles. The highest BCUT2D eigenvalue weighted by atomic mass is 16.6. The summed E-state index contributed by atoms with van der Waals surface area (Å²) in [5.41, 5.74) is 2.72. The number of unbranched alkanes of at least 4 members (excludes halogenated alkanes) is 1. The van der Waals surface area contributed by atoms with Crippen LogP contribution in [-0.4, -0.2) is 35.4 Å². The molecule has 0 fully saturated rings. The van der Waals surface area contributed by atoms with Crippen molar-refractivity contribution in [3.63, 3.8) is 0 Å². The highest BCUT2D eigenvalue weighted by molar-refractivity contribution is 6.08. The lowest BCUT2D eigenvalue weighted by Crippen LogP contribution is -2.08. The first kappa shape index (κ1) is 20.0. The zero-order valence-electron chi connectivity index (χ0n) is 15.8. The van der Waals surface area contributed by atoms with E-state index in [2.05, 4.69) is 17.2 Å². The van der Waals surface area contributed by atoms with Crippen molar-refractivity contribution in [3.05, 3.63) is 35.2 Å². The second kappa shape index (κ2) is 9.99. The molecule has 0 aliphatic rings. The van der Waals surface area contributed by atoms with Crippen LogP contribution in [0.25, 0.3) is 0 Å². The molecule has 0 amide bonds. The Bertz CT molecular complexity index is 731. The van der Waals surface area contributed by atoms with Gasteiger partial charge in [0.25, 0.3) is 0 Å². The zero-order valence-corrected chi connectivity index (χ0v) is 15.8. The van der Waals surface area contributed by atoms with Crippen LogP contribution in [0.5, 0.6) is 11.5 Å². The van der Waals surface area contributed by atoms with Crippen LogP contribution in [0.3, 0.4) is 0 Å². The highest BCUT2D eigenvalue weighted by Crippen LogP contribution is 2.33. The van der Waals surface area contributed by atoms with Gasteiger partial charge >= 0.3 is 5.97 Å². The van der Waals surface area contributed by atoms with E-state index in [9.17, 15) is 4.79 Å². The maximum Gasteiger partial charge on any atom is 0.308 e. The number of hydrogen-bond donors (Lipinski definition) is 0. The third kappa shape index (κ3) is 5.90. The van der Waals surface area contributed by atoms with E-state index in [1.807, 2.05) is 29.9 Å². The molecule has 0 unspecified atom stereocenters. The van der Waals surface area contributed by atoms with Gasteiger partial charge in [-0.1, -0.05) is 36.5 Å². The molecule has 1 aromatic carbocycles. The second-order valence-corrected chi connectivity index (χ2v) is 6.32. The summed E-state index contributed by atoms with van der Waals surface area (Å²) in [6.45, 7) is 6.79. The van der Waals surface area contributed by atoms with Gasteiger partial charge in [-0.25, -0.2) is 0 Å². The summed E-state index contributed by atoms with van der Waals surface area (Å²) < 4.78 is 13.0. The molecule has 6 nitrogen and oxygen atoms in total. The number of rotatable bonds is 10. The van der Waals surface area contributed by atoms with Crippen molar-refractivity contribution in [2.75, 3.05) is 6.61 Å². The van der Waals surface area contributed by atoms with Crippen molar-refractivity contribution < 1.29 is 14.3 Å². The molecule has 0 spiro atoms. The van der Waals surface area contributed by atoms with Gasteiger partial charge in [-0.2, -0.15) is 0 Å². The smallest absolute Gasteiger partial charge is 0.308 e. The number of carbonyl (C=O) groups excluding carboxylic acids is 1. The van der Waals surface area contributed by atoms with Crippen molar-refractivity contribution in [3.8, 4) is 11.5 Å². The monoisotopic (exact) mass is 355 g/mol. The molecule has 138 valence electrons. The summed E-state index contributed by atoms with van der Waals surface area (Å²) in [5, 5.41) is 8.31. The molecule has 2 aromatic rings. The third-order valence-corrected chi connectivity index (χ3v) is 3.94. The van der Waals surface area contributed by atoms with Crippen LogP contribution in [0.1, 0.15) is 49.9 Å². The van der Waals surface area contributed by atoms with Crippen molar-refractivity contribution in [2.24, 2.45) is 0 Å². The molecule has 1 aromatic heterocycles. The average Bonchev–Trinajstić information content (AvgIpc) is 3.06. The van der Waals surface area contributed by atoms with Crippen LogP contribution in [0, 0.1) is 6.92 Å². The molecule has 2 radical (unpaired) electrons. The Balaban J connectivity index is 1.92. The van der Waals surface area contributed by atoms with Crippen molar-refractivity contribution >= 4 is 13.8 Å². The van der Waals surface area contributed by atoms with Crippen LogP contribution >= 0.6 is 0 Å². The van der Waals surface area contributed by atoms with Gasteiger partial charge in [-0.05, 0) is 37.8 Å². The Kier molecular flexibility index (Phi) is 7.69. The number of aromatic nitrogens is 3. The van der Waals surface area contributed by atoms with Crippen LogP contribution in [0.4, 0.5) is 0 Å². The molecule has 0 bridgehead atoms. The molecule has 0 saturated carbocycles. The van der Waals surface area contributed by atoms with Crippen molar-refractivity contribution in [2.45, 2.75) is 59.3 Å². The Hall–Kier alpha value is -2.31. The first-order chi connectivity index (χ1) is 12.5. The predicted octanol–water partition coefficient (Wildman–Crippen LogP) is 2.99. The molecule has 7 heteroatoms. The Morgan fingerprint density at radius 2 is 2.12 bits per heavy atom. The number of aryl methyl sites for hydroxylation is 3. The molecule has 26 heavy (non-hydrogen) atoms. The van der Waals surface area contributed by atoms with E-state index in [-0.39, 0.29) is 5.97 Å². The fourth-order valence-electron chi connectivity index (χ4n) is 2.63. The number of esters is 1. The molecule has 0 atom stereocenters. The maximum atomic E-state index is 11.3. The van der Waals surface area contributed by atoms with Crippen molar-refractivity contribution in [1.29, 1.82) is 0 Å². The molecule has 2 rings (SSSR count). The van der Waals surface area contributed by atoms with Gasteiger partial charge in [0.1, 0.15) is 0 Å². The summed E-state index contributed by atoms with van der Waals surface area (Å²) in [6, 6.07) is 3.73. The van der Waals surface area contributed by atoms with E-state index in [4.69, 9.17) is 17.3 Å². The number of benzene rings is 1. The minimum absolute atomic E-state index is 0.373. The van der Waals surface area contributed by atoms with Crippen molar-refractivity contribution in [1.82, 2.24) is 15.0 Å². The number of hydrogen-bond acceptors (Lipinski definition) is 5. The van der Waals surface area contributed by atoms with Gasteiger partial charge in [0, 0.05) is 19.7 Å². The molecule has 0 saturated heterocycles.